The molecule has 0 spiro atoms. The zero-order valence-electron chi connectivity index (χ0n) is 15.5. The molecule has 4 heteroatoms. The van der Waals surface area contributed by atoms with Gasteiger partial charge in [-0.25, -0.2) is 0 Å². The van der Waals surface area contributed by atoms with Crippen LogP contribution in [0, 0.1) is 0 Å². The van der Waals surface area contributed by atoms with Gasteiger partial charge < -0.3 is 10.2 Å². The summed E-state index contributed by atoms with van der Waals surface area (Å²) in [4.78, 5) is 26.7. The Morgan fingerprint density at radius 1 is 1.15 bits per heavy atom. The van der Waals surface area contributed by atoms with Crippen LogP contribution < -0.4 is 10.2 Å². The molecule has 1 aliphatic rings. The van der Waals surface area contributed by atoms with E-state index in [0.29, 0.717) is 18.5 Å². The van der Waals surface area contributed by atoms with Crippen LogP contribution in [0.4, 0.5) is 5.69 Å². The third kappa shape index (κ3) is 3.96. The van der Waals surface area contributed by atoms with Gasteiger partial charge >= 0.3 is 0 Å². The SMILES string of the molecule is CCCCC(=O)NCc1ccc2c(c1)N(C(=O)c1ccccc1)[C@H](C)C2. The summed E-state index contributed by atoms with van der Waals surface area (Å²) < 4.78 is 0. The number of hydrogen-bond acceptors (Lipinski definition) is 2. The van der Waals surface area contributed by atoms with Crippen molar-refractivity contribution in [3.05, 3.63) is 65.2 Å². The number of nitrogens with zero attached hydrogens (tertiary/aromatic N) is 1. The highest BCUT2D eigenvalue weighted by Crippen LogP contribution is 2.34. The van der Waals surface area contributed by atoms with Gasteiger partial charge in [0.15, 0.2) is 0 Å². The fraction of sp³-hybridized carbons (Fsp3) is 0.364. The predicted octanol–water partition coefficient (Wildman–Crippen LogP) is 4.08. The van der Waals surface area contributed by atoms with Gasteiger partial charge in [0.2, 0.25) is 5.91 Å². The van der Waals surface area contributed by atoms with Gasteiger partial charge in [0, 0.05) is 30.3 Å². The Hall–Kier alpha value is -2.62. The lowest BCUT2D eigenvalue weighted by Crippen LogP contribution is -2.35. The Morgan fingerprint density at radius 2 is 1.92 bits per heavy atom. The van der Waals surface area contributed by atoms with Crippen molar-refractivity contribution < 1.29 is 9.59 Å². The number of anilines is 1. The maximum atomic E-state index is 13.0. The van der Waals surface area contributed by atoms with Crippen LogP contribution in [-0.4, -0.2) is 17.9 Å². The van der Waals surface area contributed by atoms with Crippen molar-refractivity contribution >= 4 is 17.5 Å². The Bertz CT molecular complexity index is 786. The van der Waals surface area contributed by atoms with Crippen molar-refractivity contribution in [1.29, 1.82) is 0 Å². The number of amides is 2. The first-order valence-corrected chi connectivity index (χ1v) is 9.37. The van der Waals surface area contributed by atoms with Gasteiger partial charge in [-0.05, 0) is 49.1 Å². The summed E-state index contributed by atoms with van der Waals surface area (Å²) in [7, 11) is 0. The fourth-order valence-electron chi connectivity index (χ4n) is 3.42. The lowest BCUT2D eigenvalue weighted by molar-refractivity contribution is -0.121. The molecule has 1 heterocycles. The summed E-state index contributed by atoms with van der Waals surface area (Å²) in [6, 6.07) is 15.7. The summed E-state index contributed by atoms with van der Waals surface area (Å²) in [5.41, 5.74) is 3.87. The normalized spacial score (nSPS) is 15.6. The quantitative estimate of drug-likeness (QED) is 0.853. The van der Waals surface area contributed by atoms with Gasteiger partial charge in [-0.1, -0.05) is 43.7 Å². The zero-order chi connectivity index (χ0) is 18.5. The molecule has 136 valence electrons. The van der Waals surface area contributed by atoms with Gasteiger partial charge in [-0.15, -0.1) is 0 Å². The minimum atomic E-state index is 0.0287. The van der Waals surface area contributed by atoms with Crippen LogP contribution in [0.25, 0.3) is 0 Å². The van der Waals surface area contributed by atoms with Crippen LogP contribution in [0.5, 0.6) is 0 Å². The molecule has 0 radical (unpaired) electrons. The highest BCUT2D eigenvalue weighted by atomic mass is 16.2. The Morgan fingerprint density at radius 3 is 2.65 bits per heavy atom. The van der Waals surface area contributed by atoms with Gasteiger partial charge in [-0.2, -0.15) is 0 Å². The number of fused-ring (bicyclic) bond motifs is 1. The first-order chi connectivity index (χ1) is 12.6. The molecule has 26 heavy (non-hydrogen) atoms. The molecule has 2 aromatic rings. The van der Waals surface area contributed by atoms with Crippen molar-refractivity contribution in [3.8, 4) is 0 Å². The standard InChI is InChI=1S/C22H26N2O2/c1-3-4-10-21(25)23-15-17-11-12-19-13-16(2)24(20(19)14-17)22(26)18-8-6-5-7-9-18/h5-9,11-12,14,16H,3-4,10,13,15H2,1-2H3,(H,23,25)/t16-/m1/s1. The van der Waals surface area contributed by atoms with Gasteiger partial charge in [0.05, 0.1) is 0 Å². The van der Waals surface area contributed by atoms with Crippen molar-refractivity contribution in [2.24, 2.45) is 0 Å². The van der Waals surface area contributed by atoms with E-state index in [4.69, 9.17) is 0 Å². The monoisotopic (exact) mass is 350 g/mol. The number of rotatable bonds is 6. The topological polar surface area (TPSA) is 49.4 Å². The minimum Gasteiger partial charge on any atom is -0.352 e. The third-order valence-electron chi connectivity index (χ3n) is 4.85. The maximum absolute atomic E-state index is 13.0. The van der Waals surface area contributed by atoms with Gasteiger partial charge in [-0.3, -0.25) is 9.59 Å². The summed E-state index contributed by atoms with van der Waals surface area (Å²) in [5.74, 6) is 0.110. The van der Waals surface area contributed by atoms with E-state index in [1.54, 1.807) is 0 Å². The Labute approximate surface area is 155 Å². The summed E-state index contributed by atoms with van der Waals surface area (Å²) in [6.45, 7) is 4.65. The number of benzene rings is 2. The number of nitrogens with one attached hydrogen (secondary N) is 1. The zero-order valence-corrected chi connectivity index (χ0v) is 15.5. The molecule has 1 atom stereocenters. The third-order valence-corrected chi connectivity index (χ3v) is 4.85. The Kier molecular flexibility index (Phi) is 5.71. The highest BCUT2D eigenvalue weighted by molar-refractivity contribution is 6.07. The molecule has 4 nitrogen and oxygen atoms in total. The number of carbonyl (C=O) groups is 2. The number of carbonyl (C=O) groups excluding carboxylic acids is 2. The molecule has 2 aromatic carbocycles. The largest absolute Gasteiger partial charge is 0.352 e. The lowest BCUT2D eigenvalue weighted by atomic mass is 10.1. The second-order valence-corrected chi connectivity index (χ2v) is 6.94. The van der Waals surface area contributed by atoms with Gasteiger partial charge in [0.1, 0.15) is 0 Å². The van der Waals surface area contributed by atoms with Gasteiger partial charge in [0.25, 0.3) is 5.91 Å². The van der Waals surface area contributed by atoms with Crippen LogP contribution in [0.2, 0.25) is 0 Å². The first-order valence-electron chi connectivity index (χ1n) is 9.37. The molecule has 0 saturated carbocycles. The van der Waals surface area contributed by atoms with Crippen LogP contribution in [0.15, 0.2) is 48.5 Å². The number of hydrogen-bond donors (Lipinski definition) is 1. The second kappa shape index (κ2) is 8.17. The second-order valence-electron chi connectivity index (χ2n) is 6.94. The molecule has 0 aromatic heterocycles. The molecule has 0 fully saturated rings. The summed E-state index contributed by atoms with van der Waals surface area (Å²) in [5, 5.41) is 2.97. The molecule has 1 N–H and O–H groups in total. The van der Waals surface area contributed by atoms with Crippen molar-refractivity contribution in [3.63, 3.8) is 0 Å². The fourth-order valence-corrected chi connectivity index (χ4v) is 3.42. The molecule has 3 rings (SSSR count). The average molecular weight is 350 g/mol. The van der Waals surface area contributed by atoms with Crippen molar-refractivity contribution in [2.45, 2.75) is 52.1 Å². The number of unbranched alkanes of at least 4 members (excludes halogenated alkanes) is 1. The van der Waals surface area contributed by atoms with E-state index in [0.717, 1.165) is 30.5 Å². The maximum Gasteiger partial charge on any atom is 0.258 e. The van der Waals surface area contributed by atoms with E-state index in [2.05, 4.69) is 25.2 Å². The van der Waals surface area contributed by atoms with E-state index in [9.17, 15) is 9.59 Å². The van der Waals surface area contributed by atoms with E-state index >= 15 is 0 Å². The van der Waals surface area contributed by atoms with E-state index < -0.39 is 0 Å². The average Bonchev–Trinajstić information content (AvgIpc) is 2.99. The molecule has 0 saturated heterocycles. The summed E-state index contributed by atoms with van der Waals surface area (Å²) >= 11 is 0. The molecular formula is C22H26N2O2. The smallest absolute Gasteiger partial charge is 0.258 e. The molecular weight excluding hydrogens is 324 g/mol. The van der Waals surface area contributed by atoms with E-state index in [1.165, 1.54) is 5.56 Å². The van der Waals surface area contributed by atoms with E-state index in [-0.39, 0.29) is 17.9 Å². The molecule has 0 bridgehead atoms. The molecule has 1 aliphatic heterocycles. The molecule has 0 unspecified atom stereocenters. The van der Waals surface area contributed by atoms with E-state index in [1.807, 2.05) is 47.4 Å². The molecule has 2 amide bonds. The summed E-state index contributed by atoms with van der Waals surface area (Å²) in [6.07, 6.45) is 3.35. The van der Waals surface area contributed by atoms with Crippen LogP contribution in [0.3, 0.4) is 0 Å². The lowest BCUT2D eigenvalue weighted by Gasteiger charge is -2.23. The van der Waals surface area contributed by atoms with Crippen LogP contribution >= 0.6 is 0 Å². The van der Waals surface area contributed by atoms with Crippen LogP contribution in [-0.2, 0) is 17.8 Å². The first kappa shape index (κ1) is 18.2. The highest BCUT2D eigenvalue weighted by Gasteiger charge is 2.31. The van der Waals surface area contributed by atoms with Crippen LogP contribution in [0.1, 0.15) is 54.6 Å². The predicted molar refractivity (Wildman–Crippen MR) is 104 cm³/mol. The molecule has 0 aliphatic carbocycles. The minimum absolute atomic E-state index is 0.0287. The Balaban J connectivity index is 1.76. The van der Waals surface area contributed by atoms with Crippen molar-refractivity contribution in [1.82, 2.24) is 5.32 Å². The van der Waals surface area contributed by atoms with Crippen molar-refractivity contribution in [2.75, 3.05) is 4.90 Å².